The van der Waals surface area contributed by atoms with Crippen molar-refractivity contribution in [1.82, 2.24) is 0 Å². The lowest BCUT2D eigenvalue weighted by molar-refractivity contribution is -0.458. The average molecular weight is 887 g/mol. The van der Waals surface area contributed by atoms with Gasteiger partial charge in [0, 0.05) is 15.9 Å². The van der Waals surface area contributed by atoms with Gasteiger partial charge in [-0.05, 0) is 84.8 Å². The van der Waals surface area contributed by atoms with Gasteiger partial charge in [-0.2, -0.15) is 83.1 Å². The third-order valence-electron chi connectivity index (χ3n) is 7.34. The molecule has 0 bridgehead atoms. The lowest BCUT2D eigenvalue weighted by Gasteiger charge is -2.43. The molecule has 0 atom stereocenters. The number of hydrogen-bond acceptors (Lipinski definition) is 5. The molecule has 0 heterocycles. The van der Waals surface area contributed by atoms with Crippen molar-refractivity contribution in [2.24, 2.45) is 0 Å². The Morgan fingerprint density at radius 2 is 0.857 bits per heavy atom. The second kappa shape index (κ2) is 14.8. The van der Waals surface area contributed by atoms with Gasteiger partial charge < -0.3 is 9.47 Å². The first-order valence-corrected chi connectivity index (χ1v) is 17.6. The van der Waals surface area contributed by atoms with E-state index in [-0.39, 0.29) is 36.8 Å². The van der Waals surface area contributed by atoms with E-state index < -0.39 is 93.7 Å². The van der Waals surface area contributed by atoms with Crippen molar-refractivity contribution in [2.75, 3.05) is 13.2 Å². The molecule has 0 aliphatic heterocycles. The van der Waals surface area contributed by atoms with E-state index in [1.807, 2.05) is 0 Å². The normalized spacial score (nSPS) is 14.8. The van der Waals surface area contributed by atoms with Gasteiger partial charge in [0.25, 0.3) is 0 Å². The summed E-state index contributed by atoms with van der Waals surface area (Å²) in [4.78, 5) is -3.24. The van der Waals surface area contributed by atoms with Crippen LogP contribution in [0.2, 0.25) is 0 Å². The van der Waals surface area contributed by atoms with E-state index >= 15 is 22.0 Å². The predicted octanol–water partition coefficient (Wildman–Crippen LogP) is 11.3. The Bertz CT molecular complexity index is 1920. The molecule has 0 fully saturated rings. The molecule has 3 rings (SSSR count). The predicted molar refractivity (Wildman–Crippen MR) is 155 cm³/mol. The molecule has 0 amide bonds. The Balaban J connectivity index is 2.41. The van der Waals surface area contributed by atoms with E-state index in [0.29, 0.717) is 30.3 Å². The summed E-state index contributed by atoms with van der Waals surface area (Å²) in [6.07, 6.45) is -8.00. The molecule has 3 aromatic carbocycles. The maximum absolute atomic E-state index is 15.6. The van der Waals surface area contributed by atoms with Gasteiger partial charge in [0.1, 0.15) is 23.1 Å². The summed E-state index contributed by atoms with van der Waals surface area (Å²) in [6.45, 7) is 2.67. The molecule has 0 aliphatic carbocycles. The molecule has 0 saturated heterocycles. The smallest absolute Gasteiger partial charge is 0.460 e. The molecule has 0 radical (unpaired) electrons. The fourth-order valence-corrected chi connectivity index (χ4v) is 9.68. The molecule has 3 aromatic rings. The molecular formula is C30H21F19O5S2. The zero-order valence-electron chi connectivity index (χ0n) is 27.3. The summed E-state index contributed by atoms with van der Waals surface area (Å²) < 4.78 is 309. The summed E-state index contributed by atoms with van der Waals surface area (Å²) in [5, 5.41) is -8.11. The molecule has 56 heavy (non-hydrogen) atoms. The molecule has 0 saturated carbocycles. The third-order valence-corrected chi connectivity index (χ3v) is 12.6. The zero-order chi connectivity index (χ0) is 43.4. The van der Waals surface area contributed by atoms with E-state index in [4.69, 9.17) is 9.47 Å². The van der Waals surface area contributed by atoms with Crippen LogP contribution in [0.1, 0.15) is 13.8 Å². The summed E-state index contributed by atoms with van der Waals surface area (Å²) in [5.74, 6) is -56.9. The van der Waals surface area contributed by atoms with Crippen molar-refractivity contribution < 1.29 is 105 Å². The lowest BCUT2D eigenvalue weighted by atomic mass is 9.91. The highest BCUT2D eigenvalue weighted by atomic mass is 32.3. The first kappa shape index (κ1) is 46.6. The lowest BCUT2D eigenvalue weighted by Crippen LogP contribution is -2.75. The number of benzene rings is 3. The highest BCUT2D eigenvalue weighted by molar-refractivity contribution is 8.33. The van der Waals surface area contributed by atoms with Gasteiger partial charge in [0.15, 0.2) is 0 Å². The molecule has 0 unspecified atom stereocenters. The molecule has 0 aliphatic rings. The van der Waals surface area contributed by atoms with Gasteiger partial charge in [-0.25, -0.2) is 12.4 Å². The van der Waals surface area contributed by atoms with Crippen LogP contribution in [0.5, 0.6) is 11.5 Å². The second-order valence-electron chi connectivity index (χ2n) is 10.9. The molecular weight excluding hydrogens is 865 g/mol. The molecule has 0 spiro atoms. The topological polar surface area (TPSA) is 61.8 Å². The molecule has 26 heteroatoms. The van der Waals surface area contributed by atoms with Gasteiger partial charge in [-0.1, -0.05) is 0 Å². The van der Waals surface area contributed by atoms with Crippen LogP contribution in [0.15, 0.2) is 81.4 Å². The first-order valence-electron chi connectivity index (χ1n) is 14.6. The number of alkyl halides is 17. The standard InChI is InChI=1S/C30H21F19O5S2/c1-3-52-17-6-10-19(11-7-17)55(22-14-5-16(31)15-21(22)32,20-12-8-18(9-13-20)53-4-2)54-56(50,51)30(48,49)28(43,44)26(39,40)24(35,36)23(33,34)25(37,38)27(41,42)29(45,46)47/h5-15H,3-4H2,1-2H3. The van der Waals surface area contributed by atoms with Crippen LogP contribution >= 0.6 is 10.3 Å². The summed E-state index contributed by atoms with van der Waals surface area (Å²) in [6, 6.07) is 6.60. The molecule has 5 nitrogen and oxygen atoms in total. The molecule has 316 valence electrons. The van der Waals surface area contributed by atoms with Gasteiger partial charge in [-0.15, -0.1) is 0 Å². The van der Waals surface area contributed by atoms with Crippen LogP contribution in [0.3, 0.4) is 0 Å². The average Bonchev–Trinajstić information content (AvgIpc) is 3.07. The van der Waals surface area contributed by atoms with Crippen LogP contribution in [-0.4, -0.2) is 68.6 Å². The molecule has 0 aromatic heterocycles. The van der Waals surface area contributed by atoms with E-state index in [0.717, 1.165) is 24.3 Å². The zero-order valence-corrected chi connectivity index (χ0v) is 28.9. The largest absolute Gasteiger partial charge is 0.494 e. The first-order chi connectivity index (χ1) is 25.2. The van der Waals surface area contributed by atoms with Crippen LogP contribution < -0.4 is 9.47 Å². The fraction of sp³-hybridized carbons (Fsp3) is 0.400. The van der Waals surface area contributed by atoms with Crippen LogP contribution in [0, 0.1) is 11.6 Å². The highest BCUT2D eigenvalue weighted by Crippen LogP contribution is 2.73. The van der Waals surface area contributed by atoms with E-state index in [2.05, 4.69) is 3.63 Å². The van der Waals surface area contributed by atoms with Gasteiger partial charge >= 0.3 is 57.1 Å². The summed E-state index contributed by atoms with van der Waals surface area (Å²) in [5.41, 5.74) is 0. The van der Waals surface area contributed by atoms with Crippen molar-refractivity contribution in [2.45, 2.75) is 75.5 Å². The van der Waals surface area contributed by atoms with E-state index in [9.17, 15) is 69.9 Å². The van der Waals surface area contributed by atoms with Crippen LogP contribution in [0.25, 0.3) is 0 Å². The number of hydrogen-bond donors (Lipinski definition) is 0. The Kier molecular flexibility index (Phi) is 12.3. The van der Waals surface area contributed by atoms with Crippen LogP contribution in [0.4, 0.5) is 83.4 Å². The Morgan fingerprint density at radius 1 is 0.500 bits per heavy atom. The Labute approximate surface area is 304 Å². The highest BCUT2D eigenvalue weighted by Gasteiger charge is 2.96. The summed E-state index contributed by atoms with van der Waals surface area (Å²) >= 11 is 0. The number of rotatable bonds is 16. The van der Waals surface area contributed by atoms with Crippen molar-refractivity contribution in [3.63, 3.8) is 0 Å². The van der Waals surface area contributed by atoms with Crippen molar-refractivity contribution in [3.8, 4) is 11.5 Å². The number of halogens is 19. The maximum atomic E-state index is 15.6. The fourth-order valence-electron chi connectivity index (χ4n) is 4.49. The van der Waals surface area contributed by atoms with Gasteiger partial charge in [0.2, 0.25) is 0 Å². The molecule has 0 N–H and O–H groups in total. The van der Waals surface area contributed by atoms with Crippen molar-refractivity contribution >= 4 is 20.4 Å². The third kappa shape index (κ3) is 7.06. The minimum absolute atomic E-state index is 0.0728. The minimum atomic E-state index is -9.10. The SMILES string of the molecule is CCOc1ccc(S(OS(=O)(=O)C(F)(F)C(F)(F)C(F)(F)C(F)(F)C(F)(F)C(F)(F)C(F)(F)C(F)(F)F)(c2ccc(OCC)cc2)c2ccc(F)cc2F)cc1. The monoisotopic (exact) mass is 886 g/mol. The van der Waals surface area contributed by atoms with Crippen LogP contribution in [-0.2, 0) is 13.7 Å². The van der Waals surface area contributed by atoms with Crippen molar-refractivity contribution in [3.05, 3.63) is 78.4 Å². The van der Waals surface area contributed by atoms with Gasteiger partial charge in [-0.3, -0.25) is 0 Å². The van der Waals surface area contributed by atoms with Gasteiger partial charge in [0.05, 0.1) is 18.1 Å². The Morgan fingerprint density at radius 3 is 1.20 bits per heavy atom. The minimum Gasteiger partial charge on any atom is -0.494 e. The number of ether oxygens (including phenoxy) is 2. The quantitative estimate of drug-likeness (QED) is 0.134. The maximum Gasteiger partial charge on any atom is 0.460 e. The Hall–Kier alpha value is -3.81. The summed E-state index contributed by atoms with van der Waals surface area (Å²) in [7, 11) is -13.5. The van der Waals surface area contributed by atoms with E-state index in [1.165, 1.54) is 13.8 Å². The van der Waals surface area contributed by atoms with E-state index in [1.54, 1.807) is 0 Å². The van der Waals surface area contributed by atoms with Crippen molar-refractivity contribution in [1.29, 1.82) is 0 Å². The second-order valence-corrected chi connectivity index (χ2v) is 15.4.